The number of carbonyl (C=O) groups is 1. The zero-order chi connectivity index (χ0) is 10.0. The van der Waals surface area contributed by atoms with Crippen LogP contribution < -0.4 is 5.73 Å². The number of carbonyl (C=O) groups excluding carboxylic acids is 1. The van der Waals surface area contributed by atoms with E-state index in [-0.39, 0.29) is 5.91 Å². The summed E-state index contributed by atoms with van der Waals surface area (Å²) in [4.78, 5) is 13.1. The average Bonchev–Trinajstić information content (AvgIpc) is 2.31. The molecule has 1 fully saturated rings. The molecule has 0 bridgehead atoms. The second-order valence-electron chi connectivity index (χ2n) is 4.43. The van der Waals surface area contributed by atoms with E-state index in [1.165, 1.54) is 0 Å². The topological polar surface area (TPSA) is 46.3 Å². The molecule has 1 amide bonds. The van der Waals surface area contributed by atoms with Gasteiger partial charge in [-0.2, -0.15) is 0 Å². The van der Waals surface area contributed by atoms with Crippen LogP contribution in [-0.4, -0.2) is 29.9 Å². The molecular formula is C10H20N2O. The molecule has 3 unspecified atom stereocenters. The molecule has 1 heterocycles. The van der Waals surface area contributed by atoms with Crippen molar-refractivity contribution in [3.63, 3.8) is 0 Å². The van der Waals surface area contributed by atoms with Gasteiger partial charge in [-0.3, -0.25) is 9.69 Å². The van der Waals surface area contributed by atoms with Gasteiger partial charge in [-0.1, -0.05) is 13.8 Å². The van der Waals surface area contributed by atoms with E-state index in [4.69, 9.17) is 5.73 Å². The fourth-order valence-electron chi connectivity index (χ4n) is 1.95. The van der Waals surface area contributed by atoms with E-state index < -0.39 is 0 Å². The molecule has 3 atom stereocenters. The van der Waals surface area contributed by atoms with Crippen molar-refractivity contribution in [3.8, 4) is 0 Å². The monoisotopic (exact) mass is 184 g/mol. The van der Waals surface area contributed by atoms with Crippen molar-refractivity contribution in [3.05, 3.63) is 0 Å². The molecule has 3 heteroatoms. The van der Waals surface area contributed by atoms with Crippen LogP contribution in [-0.2, 0) is 4.79 Å². The van der Waals surface area contributed by atoms with Gasteiger partial charge in [0.1, 0.15) is 0 Å². The molecular weight excluding hydrogens is 164 g/mol. The van der Waals surface area contributed by atoms with Crippen LogP contribution in [0.15, 0.2) is 0 Å². The Morgan fingerprint density at radius 2 is 1.92 bits per heavy atom. The smallest absolute Gasteiger partial charge is 0.218 e. The van der Waals surface area contributed by atoms with Gasteiger partial charge >= 0.3 is 0 Å². The number of likely N-dealkylation sites (tertiary alicyclic amines) is 1. The van der Waals surface area contributed by atoms with Gasteiger partial charge in [0.25, 0.3) is 0 Å². The predicted octanol–water partition coefficient (Wildman–Crippen LogP) is 0.838. The van der Waals surface area contributed by atoms with Gasteiger partial charge in [0.2, 0.25) is 5.91 Å². The van der Waals surface area contributed by atoms with Crippen molar-refractivity contribution in [1.82, 2.24) is 4.90 Å². The maximum atomic E-state index is 10.7. The first-order chi connectivity index (χ1) is 6.00. The summed E-state index contributed by atoms with van der Waals surface area (Å²) >= 11 is 0. The first kappa shape index (κ1) is 10.5. The average molecular weight is 184 g/mol. The van der Waals surface area contributed by atoms with E-state index in [2.05, 4.69) is 25.7 Å². The maximum Gasteiger partial charge on any atom is 0.218 e. The Balaban J connectivity index is 2.41. The molecule has 0 saturated carbocycles. The normalized spacial score (nSPS) is 31.9. The largest absolute Gasteiger partial charge is 0.370 e. The summed E-state index contributed by atoms with van der Waals surface area (Å²) in [5.74, 6) is 1.30. The standard InChI is InChI=1S/C10H20N2O/c1-7-5-12(6-8(7)2)9(3)4-10(11)13/h7-9H,4-6H2,1-3H3,(H2,11,13). The lowest BCUT2D eigenvalue weighted by atomic mass is 10.0. The van der Waals surface area contributed by atoms with Gasteiger partial charge in [0.05, 0.1) is 0 Å². The van der Waals surface area contributed by atoms with Crippen molar-refractivity contribution < 1.29 is 4.79 Å². The molecule has 1 saturated heterocycles. The first-order valence-corrected chi connectivity index (χ1v) is 5.03. The summed E-state index contributed by atoms with van der Waals surface area (Å²) < 4.78 is 0. The van der Waals surface area contributed by atoms with E-state index in [0.29, 0.717) is 12.5 Å². The molecule has 0 aromatic heterocycles. The highest BCUT2D eigenvalue weighted by Crippen LogP contribution is 2.24. The summed E-state index contributed by atoms with van der Waals surface area (Å²) in [6.07, 6.45) is 0.486. The lowest BCUT2D eigenvalue weighted by molar-refractivity contribution is -0.119. The number of hydrogen-bond acceptors (Lipinski definition) is 2. The Kier molecular flexibility index (Phi) is 3.31. The van der Waals surface area contributed by atoms with Gasteiger partial charge in [-0.05, 0) is 18.8 Å². The Labute approximate surface area is 80.3 Å². The van der Waals surface area contributed by atoms with Crippen LogP contribution in [0.2, 0.25) is 0 Å². The Morgan fingerprint density at radius 3 is 2.31 bits per heavy atom. The van der Waals surface area contributed by atoms with Crippen LogP contribution in [0.1, 0.15) is 27.2 Å². The van der Waals surface area contributed by atoms with Crippen LogP contribution >= 0.6 is 0 Å². The molecule has 0 aromatic carbocycles. The highest BCUT2D eigenvalue weighted by atomic mass is 16.1. The second-order valence-corrected chi connectivity index (χ2v) is 4.43. The Bertz CT molecular complexity index is 183. The zero-order valence-corrected chi connectivity index (χ0v) is 8.79. The van der Waals surface area contributed by atoms with E-state index in [0.717, 1.165) is 24.9 Å². The van der Waals surface area contributed by atoms with Gasteiger partial charge in [-0.25, -0.2) is 0 Å². The molecule has 0 aliphatic carbocycles. The molecule has 0 aromatic rings. The van der Waals surface area contributed by atoms with Crippen molar-refractivity contribution in [2.75, 3.05) is 13.1 Å². The quantitative estimate of drug-likeness (QED) is 0.706. The molecule has 0 spiro atoms. The maximum absolute atomic E-state index is 10.7. The highest BCUT2D eigenvalue weighted by molar-refractivity contribution is 5.74. The summed E-state index contributed by atoms with van der Waals surface area (Å²) in [5, 5.41) is 0. The molecule has 0 radical (unpaired) electrons. The summed E-state index contributed by atoms with van der Waals surface area (Å²) in [6.45, 7) is 8.82. The van der Waals surface area contributed by atoms with Crippen LogP contribution in [0.3, 0.4) is 0 Å². The van der Waals surface area contributed by atoms with E-state index in [9.17, 15) is 4.79 Å². The lowest BCUT2D eigenvalue weighted by Crippen LogP contribution is -2.34. The van der Waals surface area contributed by atoms with Crippen LogP contribution in [0.4, 0.5) is 0 Å². The molecule has 2 N–H and O–H groups in total. The summed E-state index contributed by atoms with van der Waals surface area (Å²) in [5.41, 5.74) is 5.16. The molecule has 1 aliphatic heterocycles. The SMILES string of the molecule is CC1CN(C(C)CC(N)=O)CC1C. The Hall–Kier alpha value is -0.570. The molecule has 13 heavy (non-hydrogen) atoms. The number of nitrogens with zero attached hydrogens (tertiary/aromatic N) is 1. The minimum Gasteiger partial charge on any atom is -0.370 e. The lowest BCUT2D eigenvalue weighted by Gasteiger charge is -2.22. The number of amides is 1. The van der Waals surface area contributed by atoms with Crippen LogP contribution in [0.25, 0.3) is 0 Å². The number of nitrogens with two attached hydrogens (primary N) is 1. The third-order valence-corrected chi connectivity index (χ3v) is 3.14. The number of rotatable bonds is 3. The minimum atomic E-state index is -0.195. The predicted molar refractivity (Wildman–Crippen MR) is 53.2 cm³/mol. The van der Waals surface area contributed by atoms with Crippen molar-refractivity contribution in [2.24, 2.45) is 17.6 Å². The molecule has 1 rings (SSSR count). The van der Waals surface area contributed by atoms with Crippen molar-refractivity contribution in [2.45, 2.75) is 33.2 Å². The van der Waals surface area contributed by atoms with E-state index in [1.54, 1.807) is 0 Å². The highest BCUT2D eigenvalue weighted by Gasteiger charge is 2.29. The minimum absolute atomic E-state index is 0.195. The van der Waals surface area contributed by atoms with Gasteiger partial charge in [-0.15, -0.1) is 0 Å². The molecule has 76 valence electrons. The first-order valence-electron chi connectivity index (χ1n) is 5.03. The molecule has 3 nitrogen and oxygen atoms in total. The fraction of sp³-hybridized carbons (Fsp3) is 0.900. The van der Waals surface area contributed by atoms with Crippen LogP contribution in [0, 0.1) is 11.8 Å². The summed E-state index contributed by atoms with van der Waals surface area (Å²) in [6, 6.07) is 0.310. The van der Waals surface area contributed by atoms with Crippen LogP contribution in [0.5, 0.6) is 0 Å². The van der Waals surface area contributed by atoms with Gasteiger partial charge in [0.15, 0.2) is 0 Å². The van der Waals surface area contributed by atoms with E-state index in [1.807, 2.05) is 0 Å². The Morgan fingerprint density at radius 1 is 1.46 bits per heavy atom. The van der Waals surface area contributed by atoms with Gasteiger partial charge < -0.3 is 5.73 Å². The second kappa shape index (κ2) is 4.09. The third-order valence-electron chi connectivity index (χ3n) is 3.14. The number of primary amides is 1. The number of hydrogen-bond donors (Lipinski definition) is 1. The van der Waals surface area contributed by atoms with Crippen molar-refractivity contribution in [1.29, 1.82) is 0 Å². The van der Waals surface area contributed by atoms with Gasteiger partial charge in [0, 0.05) is 25.6 Å². The summed E-state index contributed by atoms with van der Waals surface area (Å²) in [7, 11) is 0. The molecule has 1 aliphatic rings. The third kappa shape index (κ3) is 2.69. The fourth-order valence-corrected chi connectivity index (χ4v) is 1.95. The zero-order valence-electron chi connectivity index (χ0n) is 8.79. The van der Waals surface area contributed by atoms with E-state index >= 15 is 0 Å². The van der Waals surface area contributed by atoms with Crippen molar-refractivity contribution >= 4 is 5.91 Å².